The number of methoxy groups -OCH3 is 2. The van der Waals surface area contributed by atoms with Crippen LogP contribution in [0.2, 0.25) is 0 Å². The van der Waals surface area contributed by atoms with E-state index in [0.29, 0.717) is 22.7 Å². The molecule has 0 fully saturated rings. The van der Waals surface area contributed by atoms with Gasteiger partial charge in [0.05, 0.1) is 26.3 Å². The predicted molar refractivity (Wildman–Crippen MR) is 128 cm³/mol. The van der Waals surface area contributed by atoms with E-state index in [1.54, 1.807) is 73.8 Å². The molecule has 3 aromatic rings. The summed E-state index contributed by atoms with van der Waals surface area (Å²) in [7, 11) is 3.03. The lowest BCUT2D eigenvalue weighted by Crippen LogP contribution is -2.48. The lowest BCUT2D eigenvalue weighted by atomic mass is 9.92. The van der Waals surface area contributed by atoms with Gasteiger partial charge in [-0.05, 0) is 48.4 Å². The van der Waals surface area contributed by atoms with Crippen LogP contribution in [0.25, 0.3) is 0 Å². The summed E-state index contributed by atoms with van der Waals surface area (Å²) >= 11 is 3.45. The van der Waals surface area contributed by atoms with Crippen LogP contribution in [0.4, 0.5) is 18.9 Å². The molecule has 9 heteroatoms. The molecule has 1 amide bonds. The summed E-state index contributed by atoms with van der Waals surface area (Å²) in [5.41, 5.74) is 1.97. The molecule has 0 aliphatic heterocycles. The number of benzene rings is 3. The Morgan fingerprint density at radius 1 is 0.941 bits per heavy atom. The van der Waals surface area contributed by atoms with Gasteiger partial charge in [0.1, 0.15) is 11.5 Å². The minimum atomic E-state index is -5.03. The Hall–Kier alpha value is -3.20. The van der Waals surface area contributed by atoms with E-state index in [1.807, 2.05) is 6.07 Å². The smallest absolute Gasteiger partial charge is 0.471 e. The van der Waals surface area contributed by atoms with Gasteiger partial charge in [0.25, 0.3) is 0 Å². The number of hydrogen-bond donors (Lipinski definition) is 2. The number of alkyl halides is 3. The number of ether oxygens (including phenoxy) is 2. The van der Waals surface area contributed by atoms with Crippen molar-refractivity contribution in [1.82, 2.24) is 5.32 Å². The first-order valence-corrected chi connectivity index (χ1v) is 11.2. The average molecular weight is 537 g/mol. The first-order chi connectivity index (χ1) is 16.2. The van der Waals surface area contributed by atoms with Crippen molar-refractivity contribution in [3.63, 3.8) is 0 Å². The quantitative estimate of drug-likeness (QED) is 0.357. The Bertz CT molecular complexity index is 1110. The van der Waals surface area contributed by atoms with E-state index in [9.17, 15) is 18.0 Å². The highest BCUT2D eigenvalue weighted by atomic mass is 79.9. The van der Waals surface area contributed by atoms with E-state index in [-0.39, 0.29) is 6.42 Å². The second kappa shape index (κ2) is 11.3. The summed E-state index contributed by atoms with van der Waals surface area (Å²) in [5.74, 6) is -0.901. The molecule has 3 aromatic carbocycles. The maximum Gasteiger partial charge on any atom is 0.471 e. The summed E-state index contributed by atoms with van der Waals surface area (Å²) in [4.78, 5) is 12.1. The van der Waals surface area contributed by atoms with Gasteiger partial charge in [-0.25, -0.2) is 0 Å². The highest BCUT2D eigenvalue weighted by Crippen LogP contribution is 2.33. The van der Waals surface area contributed by atoms with Crippen molar-refractivity contribution >= 4 is 27.5 Å². The van der Waals surface area contributed by atoms with Crippen molar-refractivity contribution in [3.8, 4) is 11.5 Å². The molecule has 0 aliphatic carbocycles. The number of hydrogen-bond acceptors (Lipinski definition) is 4. The number of halogens is 4. The topological polar surface area (TPSA) is 59.6 Å². The fourth-order valence-corrected chi connectivity index (χ4v) is 4.04. The molecular formula is C25H24BrF3N2O3. The number of carbonyl (C=O) groups is 1. The molecule has 3 rings (SSSR count). The van der Waals surface area contributed by atoms with E-state index in [0.717, 1.165) is 10.0 Å². The van der Waals surface area contributed by atoms with Crippen molar-refractivity contribution in [2.75, 3.05) is 19.5 Å². The van der Waals surface area contributed by atoms with Gasteiger partial charge in [-0.15, -0.1) is 0 Å². The van der Waals surface area contributed by atoms with Gasteiger partial charge in [0, 0.05) is 15.7 Å². The fourth-order valence-electron chi connectivity index (χ4n) is 3.59. The molecule has 2 N–H and O–H groups in total. The van der Waals surface area contributed by atoms with Gasteiger partial charge in [0.2, 0.25) is 0 Å². The van der Waals surface area contributed by atoms with E-state index in [4.69, 9.17) is 9.47 Å². The second-order valence-corrected chi connectivity index (χ2v) is 8.32. The minimum Gasteiger partial charge on any atom is -0.497 e. The van der Waals surface area contributed by atoms with Gasteiger partial charge >= 0.3 is 12.1 Å². The van der Waals surface area contributed by atoms with Crippen molar-refractivity contribution in [2.45, 2.75) is 24.7 Å². The van der Waals surface area contributed by atoms with E-state index < -0.39 is 24.2 Å². The van der Waals surface area contributed by atoms with Crippen LogP contribution in [0.3, 0.4) is 0 Å². The summed E-state index contributed by atoms with van der Waals surface area (Å²) in [6, 6.07) is 19.4. The lowest BCUT2D eigenvalue weighted by Gasteiger charge is -2.32. The predicted octanol–water partition coefficient (Wildman–Crippen LogP) is 5.91. The van der Waals surface area contributed by atoms with Crippen LogP contribution in [0, 0.1) is 0 Å². The third-order valence-corrected chi connectivity index (χ3v) is 6.03. The van der Waals surface area contributed by atoms with Gasteiger partial charge in [-0.2, -0.15) is 13.2 Å². The average Bonchev–Trinajstić information content (AvgIpc) is 2.83. The zero-order valence-electron chi connectivity index (χ0n) is 18.5. The van der Waals surface area contributed by atoms with Crippen molar-refractivity contribution in [3.05, 3.63) is 88.4 Å². The number of amides is 1. The SMILES string of the molecule is COc1ccc(N[C@H](c2ccccc2OC)[C@H](Cc2ccccc2Br)NC(=O)C(F)(F)F)cc1. The third-order valence-electron chi connectivity index (χ3n) is 5.26. The Kier molecular flexibility index (Phi) is 8.44. The molecule has 0 saturated heterocycles. The van der Waals surface area contributed by atoms with E-state index in [1.165, 1.54) is 7.11 Å². The number of nitrogens with one attached hydrogen (secondary N) is 2. The molecule has 34 heavy (non-hydrogen) atoms. The normalized spacial score (nSPS) is 13.0. The number of rotatable bonds is 9. The molecule has 0 unspecified atom stereocenters. The van der Waals surface area contributed by atoms with Crippen molar-refractivity contribution in [2.24, 2.45) is 0 Å². The molecule has 0 aliphatic rings. The number of carbonyl (C=O) groups excluding carboxylic acids is 1. The van der Waals surface area contributed by atoms with Crippen LogP contribution in [0.5, 0.6) is 11.5 Å². The summed E-state index contributed by atoms with van der Waals surface area (Å²) < 4.78 is 51.2. The Morgan fingerprint density at radius 2 is 1.59 bits per heavy atom. The summed E-state index contributed by atoms with van der Waals surface area (Å²) in [6.07, 6.45) is -4.91. The maximum absolute atomic E-state index is 13.3. The largest absolute Gasteiger partial charge is 0.497 e. The molecule has 0 radical (unpaired) electrons. The molecule has 0 bridgehead atoms. The van der Waals surface area contributed by atoms with Crippen LogP contribution < -0.4 is 20.1 Å². The number of para-hydroxylation sites is 1. The van der Waals surface area contributed by atoms with E-state index >= 15 is 0 Å². The van der Waals surface area contributed by atoms with Crippen molar-refractivity contribution < 1.29 is 27.4 Å². The minimum absolute atomic E-state index is 0.120. The summed E-state index contributed by atoms with van der Waals surface area (Å²) in [5, 5.41) is 5.48. The maximum atomic E-state index is 13.3. The third kappa shape index (κ3) is 6.44. The molecule has 0 aromatic heterocycles. The van der Waals surface area contributed by atoms with Gasteiger partial charge in [0.15, 0.2) is 0 Å². The van der Waals surface area contributed by atoms with Crippen LogP contribution in [0.1, 0.15) is 17.2 Å². The first-order valence-electron chi connectivity index (χ1n) is 10.4. The monoisotopic (exact) mass is 536 g/mol. The Balaban J connectivity index is 2.08. The zero-order chi connectivity index (χ0) is 24.7. The fraction of sp³-hybridized carbons (Fsp3) is 0.240. The molecular weight excluding hydrogens is 513 g/mol. The zero-order valence-corrected chi connectivity index (χ0v) is 20.1. The highest BCUT2D eigenvalue weighted by molar-refractivity contribution is 9.10. The number of anilines is 1. The molecule has 0 heterocycles. The Labute approximate surface area is 204 Å². The Morgan fingerprint density at radius 3 is 2.21 bits per heavy atom. The second-order valence-electron chi connectivity index (χ2n) is 7.47. The molecule has 5 nitrogen and oxygen atoms in total. The van der Waals surface area contributed by atoms with Crippen LogP contribution in [-0.4, -0.2) is 32.3 Å². The summed E-state index contributed by atoms with van der Waals surface area (Å²) in [6.45, 7) is 0. The van der Waals surface area contributed by atoms with Crippen LogP contribution in [-0.2, 0) is 11.2 Å². The van der Waals surface area contributed by atoms with Gasteiger partial charge in [-0.3, -0.25) is 4.79 Å². The molecule has 0 spiro atoms. The van der Waals surface area contributed by atoms with Gasteiger partial charge in [-0.1, -0.05) is 52.3 Å². The van der Waals surface area contributed by atoms with Gasteiger partial charge < -0.3 is 20.1 Å². The lowest BCUT2D eigenvalue weighted by molar-refractivity contribution is -0.174. The highest BCUT2D eigenvalue weighted by Gasteiger charge is 2.41. The van der Waals surface area contributed by atoms with Crippen LogP contribution in [0.15, 0.2) is 77.3 Å². The molecule has 0 saturated carbocycles. The molecule has 180 valence electrons. The standard InChI is InChI=1S/C25H24BrF3N2O3/c1-33-18-13-11-17(12-14-18)30-23(19-8-4-6-10-22(19)34-2)21(31-24(32)25(27,28)29)15-16-7-3-5-9-20(16)26/h3-14,21,23,30H,15H2,1-2H3,(H,31,32)/t21-,23+/m0/s1. The van der Waals surface area contributed by atoms with Crippen molar-refractivity contribution in [1.29, 1.82) is 0 Å². The first kappa shape index (κ1) is 25.4. The van der Waals surface area contributed by atoms with Crippen LogP contribution >= 0.6 is 15.9 Å². The molecule has 2 atom stereocenters. The van der Waals surface area contributed by atoms with E-state index in [2.05, 4.69) is 26.6 Å².